The fourth-order valence-corrected chi connectivity index (χ4v) is 3.30. The molecule has 0 bridgehead atoms. The molecule has 2 aromatic rings. The van der Waals surface area contributed by atoms with Crippen molar-refractivity contribution in [3.8, 4) is 0 Å². The number of benzene rings is 1. The Balaban J connectivity index is 1.60. The molecule has 6 nitrogen and oxygen atoms in total. The van der Waals surface area contributed by atoms with Gasteiger partial charge in [0.05, 0.1) is 6.10 Å². The van der Waals surface area contributed by atoms with Gasteiger partial charge in [0.2, 0.25) is 0 Å². The maximum absolute atomic E-state index is 12.3. The van der Waals surface area contributed by atoms with Gasteiger partial charge in [0, 0.05) is 22.8 Å². The standard InChI is InChI=1S/C17H19N3O3S/c1-10-9-11(2)23-14(10)16(22)19-13-5-3-12(4-6-13)15(21)20-17-18-7-8-24-17/h3-8,10-11,14H,9H2,1-2H3,(H,19,22)(H,18,20,21)/t10-,11-,14-/m1/s1. The van der Waals surface area contributed by atoms with Crippen LogP contribution in [-0.2, 0) is 9.53 Å². The minimum absolute atomic E-state index is 0.104. The highest BCUT2D eigenvalue weighted by Gasteiger charge is 2.34. The van der Waals surface area contributed by atoms with Crippen molar-refractivity contribution in [2.45, 2.75) is 32.5 Å². The summed E-state index contributed by atoms with van der Waals surface area (Å²) in [6.45, 7) is 3.99. The number of carbonyl (C=O) groups is 2. The van der Waals surface area contributed by atoms with E-state index in [2.05, 4.69) is 15.6 Å². The number of carbonyl (C=O) groups excluding carboxylic acids is 2. The lowest BCUT2D eigenvalue weighted by atomic mass is 10.0. The van der Waals surface area contributed by atoms with Crippen molar-refractivity contribution in [1.29, 1.82) is 0 Å². The maximum Gasteiger partial charge on any atom is 0.257 e. The molecular formula is C17H19N3O3S. The average molecular weight is 345 g/mol. The predicted molar refractivity (Wildman–Crippen MR) is 93.3 cm³/mol. The van der Waals surface area contributed by atoms with E-state index in [1.54, 1.807) is 35.8 Å². The molecule has 3 atom stereocenters. The molecule has 1 aliphatic rings. The number of nitrogens with one attached hydrogen (secondary N) is 2. The SMILES string of the molecule is C[C@@H]1C[C@@H](C)[C@H](C(=O)Nc2ccc(C(=O)Nc3nccs3)cc2)O1. The molecule has 3 rings (SSSR count). The van der Waals surface area contributed by atoms with Crippen LogP contribution in [0.1, 0.15) is 30.6 Å². The summed E-state index contributed by atoms with van der Waals surface area (Å²) in [6, 6.07) is 6.75. The van der Waals surface area contributed by atoms with Gasteiger partial charge in [-0.3, -0.25) is 14.9 Å². The molecule has 1 saturated heterocycles. The van der Waals surface area contributed by atoms with E-state index in [1.807, 2.05) is 13.8 Å². The van der Waals surface area contributed by atoms with Gasteiger partial charge in [-0.2, -0.15) is 0 Å². The Labute approximate surface area is 144 Å². The fraction of sp³-hybridized carbons (Fsp3) is 0.353. The van der Waals surface area contributed by atoms with E-state index in [0.717, 1.165) is 6.42 Å². The molecule has 0 aliphatic carbocycles. The zero-order chi connectivity index (χ0) is 17.1. The van der Waals surface area contributed by atoms with Gasteiger partial charge in [0.1, 0.15) is 6.10 Å². The van der Waals surface area contributed by atoms with E-state index < -0.39 is 6.10 Å². The van der Waals surface area contributed by atoms with Crippen LogP contribution in [-0.4, -0.2) is 29.0 Å². The number of hydrogen-bond acceptors (Lipinski definition) is 5. The molecule has 7 heteroatoms. The molecule has 1 aliphatic heterocycles. The first-order valence-corrected chi connectivity index (χ1v) is 8.68. The first kappa shape index (κ1) is 16.6. The Kier molecular flexibility index (Phi) is 4.92. The van der Waals surface area contributed by atoms with Crippen molar-refractivity contribution >= 4 is 34.0 Å². The number of rotatable bonds is 4. The third kappa shape index (κ3) is 3.80. The van der Waals surface area contributed by atoms with Crippen molar-refractivity contribution in [2.75, 3.05) is 10.6 Å². The summed E-state index contributed by atoms with van der Waals surface area (Å²) < 4.78 is 5.65. The van der Waals surface area contributed by atoms with Crippen molar-refractivity contribution < 1.29 is 14.3 Å². The molecule has 126 valence electrons. The predicted octanol–water partition coefficient (Wildman–Crippen LogP) is 3.15. The van der Waals surface area contributed by atoms with Gasteiger partial charge in [0.25, 0.3) is 11.8 Å². The van der Waals surface area contributed by atoms with Gasteiger partial charge in [-0.15, -0.1) is 11.3 Å². The monoisotopic (exact) mass is 345 g/mol. The zero-order valence-corrected chi connectivity index (χ0v) is 14.3. The van der Waals surface area contributed by atoms with E-state index >= 15 is 0 Å². The van der Waals surface area contributed by atoms with Gasteiger partial charge in [-0.05, 0) is 43.5 Å². The summed E-state index contributed by atoms with van der Waals surface area (Å²) in [4.78, 5) is 28.4. The van der Waals surface area contributed by atoms with Crippen LogP contribution in [0.15, 0.2) is 35.8 Å². The normalized spacial score (nSPS) is 23.0. The number of anilines is 2. The van der Waals surface area contributed by atoms with Crippen LogP contribution in [0, 0.1) is 5.92 Å². The molecule has 0 spiro atoms. The minimum atomic E-state index is -0.423. The molecule has 2 N–H and O–H groups in total. The second-order valence-electron chi connectivity index (χ2n) is 5.94. The molecule has 0 saturated carbocycles. The highest BCUT2D eigenvalue weighted by molar-refractivity contribution is 7.13. The molecular weight excluding hydrogens is 326 g/mol. The fourth-order valence-electron chi connectivity index (χ4n) is 2.78. The largest absolute Gasteiger partial charge is 0.365 e. The third-order valence-corrected chi connectivity index (χ3v) is 4.61. The molecule has 1 aromatic heterocycles. The quantitative estimate of drug-likeness (QED) is 0.892. The van der Waals surface area contributed by atoms with Crippen LogP contribution >= 0.6 is 11.3 Å². The van der Waals surface area contributed by atoms with E-state index in [-0.39, 0.29) is 23.8 Å². The molecule has 1 fully saturated rings. The van der Waals surface area contributed by atoms with Gasteiger partial charge in [0.15, 0.2) is 5.13 Å². The van der Waals surface area contributed by atoms with Crippen LogP contribution < -0.4 is 10.6 Å². The first-order valence-electron chi connectivity index (χ1n) is 7.80. The number of aromatic nitrogens is 1. The first-order chi connectivity index (χ1) is 11.5. The summed E-state index contributed by atoms with van der Waals surface area (Å²) in [6.07, 6.45) is 2.19. The van der Waals surface area contributed by atoms with Gasteiger partial charge >= 0.3 is 0 Å². The van der Waals surface area contributed by atoms with E-state index in [1.165, 1.54) is 11.3 Å². The number of amides is 2. The Morgan fingerprint density at radius 1 is 1.21 bits per heavy atom. The lowest BCUT2D eigenvalue weighted by Crippen LogP contribution is -2.31. The maximum atomic E-state index is 12.3. The Morgan fingerprint density at radius 3 is 2.54 bits per heavy atom. The average Bonchev–Trinajstić information content (AvgIpc) is 3.17. The summed E-state index contributed by atoms with van der Waals surface area (Å²) in [5.41, 5.74) is 1.14. The highest BCUT2D eigenvalue weighted by Crippen LogP contribution is 2.26. The Hall–Kier alpha value is -2.25. The van der Waals surface area contributed by atoms with Gasteiger partial charge in [-0.1, -0.05) is 6.92 Å². The summed E-state index contributed by atoms with van der Waals surface area (Å²) >= 11 is 1.36. The van der Waals surface area contributed by atoms with Crippen LogP contribution in [0.25, 0.3) is 0 Å². The highest BCUT2D eigenvalue weighted by atomic mass is 32.1. The van der Waals surface area contributed by atoms with Crippen LogP contribution in [0.4, 0.5) is 10.8 Å². The number of thiazole rings is 1. The lowest BCUT2D eigenvalue weighted by Gasteiger charge is -2.15. The lowest BCUT2D eigenvalue weighted by molar-refractivity contribution is -0.127. The van der Waals surface area contributed by atoms with E-state index in [9.17, 15) is 9.59 Å². The van der Waals surface area contributed by atoms with Crippen molar-refractivity contribution in [3.05, 3.63) is 41.4 Å². The van der Waals surface area contributed by atoms with Gasteiger partial charge in [-0.25, -0.2) is 4.98 Å². The van der Waals surface area contributed by atoms with Gasteiger partial charge < -0.3 is 10.1 Å². The minimum Gasteiger partial charge on any atom is -0.365 e. The third-order valence-electron chi connectivity index (χ3n) is 3.93. The van der Waals surface area contributed by atoms with Crippen LogP contribution in [0.2, 0.25) is 0 Å². The molecule has 2 heterocycles. The van der Waals surface area contributed by atoms with E-state index in [4.69, 9.17) is 4.74 Å². The molecule has 0 unspecified atom stereocenters. The Morgan fingerprint density at radius 2 is 1.96 bits per heavy atom. The van der Waals surface area contributed by atoms with Crippen molar-refractivity contribution in [3.63, 3.8) is 0 Å². The number of ether oxygens (including phenoxy) is 1. The second-order valence-corrected chi connectivity index (χ2v) is 6.83. The summed E-state index contributed by atoms with van der Waals surface area (Å²) in [7, 11) is 0. The number of nitrogens with zero attached hydrogens (tertiary/aromatic N) is 1. The van der Waals surface area contributed by atoms with Crippen molar-refractivity contribution in [2.24, 2.45) is 5.92 Å². The number of hydrogen-bond donors (Lipinski definition) is 2. The zero-order valence-electron chi connectivity index (χ0n) is 13.5. The van der Waals surface area contributed by atoms with Crippen LogP contribution in [0.5, 0.6) is 0 Å². The molecule has 0 radical (unpaired) electrons. The summed E-state index contributed by atoms with van der Waals surface area (Å²) in [5, 5.41) is 7.90. The molecule has 24 heavy (non-hydrogen) atoms. The van der Waals surface area contributed by atoms with E-state index in [0.29, 0.717) is 16.4 Å². The summed E-state index contributed by atoms with van der Waals surface area (Å²) in [5.74, 6) is -0.181. The molecule has 2 amide bonds. The topological polar surface area (TPSA) is 80.3 Å². The smallest absolute Gasteiger partial charge is 0.257 e. The second kappa shape index (κ2) is 7.11. The molecule has 1 aromatic carbocycles. The Bertz CT molecular complexity index is 715. The van der Waals surface area contributed by atoms with Crippen molar-refractivity contribution in [1.82, 2.24) is 4.98 Å². The van der Waals surface area contributed by atoms with Crippen LogP contribution in [0.3, 0.4) is 0 Å².